The molecule has 0 saturated heterocycles. The monoisotopic (exact) mass is 390 g/mol. The van der Waals surface area contributed by atoms with Gasteiger partial charge in [-0.1, -0.05) is 0 Å². The largest absolute Gasteiger partial charge is 0.491 e. The lowest BCUT2D eigenvalue weighted by molar-refractivity contribution is 0.100. The van der Waals surface area contributed by atoms with E-state index in [9.17, 15) is 4.79 Å². The number of amides is 1. The molecule has 152 valence electrons. The number of ether oxygens (including phenoxy) is 3. The fraction of sp³-hybridized carbons (Fsp3) is 0.389. The average Bonchev–Trinajstić information content (AvgIpc) is 2.68. The fourth-order valence-electron chi connectivity index (χ4n) is 2.25. The van der Waals surface area contributed by atoms with Crippen molar-refractivity contribution in [3.05, 3.63) is 36.0 Å². The molecule has 0 unspecified atom stereocenters. The van der Waals surface area contributed by atoms with Gasteiger partial charge in [-0.25, -0.2) is 4.98 Å². The first-order chi connectivity index (χ1) is 13.5. The van der Waals surface area contributed by atoms with Crippen LogP contribution in [0.1, 0.15) is 10.4 Å². The van der Waals surface area contributed by atoms with Crippen molar-refractivity contribution in [1.29, 1.82) is 0 Å². The average molecular weight is 390 g/mol. The van der Waals surface area contributed by atoms with E-state index in [0.29, 0.717) is 49.6 Å². The highest BCUT2D eigenvalue weighted by molar-refractivity contribution is 5.98. The number of rotatable bonds is 12. The highest BCUT2D eigenvalue weighted by Crippen LogP contribution is 2.22. The van der Waals surface area contributed by atoms with Crippen LogP contribution in [0.15, 0.2) is 30.5 Å². The van der Waals surface area contributed by atoms with Crippen molar-refractivity contribution < 1.29 is 19.0 Å². The molecule has 0 saturated carbocycles. The van der Waals surface area contributed by atoms with Crippen LogP contribution in [0.25, 0.3) is 0 Å². The van der Waals surface area contributed by atoms with Crippen LogP contribution in [0.4, 0.5) is 17.5 Å². The summed E-state index contributed by atoms with van der Waals surface area (Å²) in [7, 11) is 3.19. The Labute approximate surface area is 163 Å². The number of carbonyl (C=O) groups is 1. The molecule has 0 aliphatic rings. The second-order valence-corrected chi connectivity index (χ2v) is 5.91. The standard InChI is InChI=1S/C18H26N6O4/c1-26-7-8-28-14-5-3-13(4-6-14)23-17-15(16(20)25)10-22-18(24-17)21-9-12(19)11-27-2/h3-6,10,12H,7-9,11,19H2,1-2H3,(H2,20,25)(H2,21,22,23,24)/t12-/m1/s1. The molecule has 2 rings (SSSR count). The van der Waals surface area contributed by atoms with E-state index in [0.717, 1.165) is 0 Å². The van der Waals surface area contributed by atoms with Gasteiger partial charge in [-0.3, -0.25) is 4.79 Å². The number of nitrogens with two attached hydrogens (primary N) is 2. The first-order valence-electron chi connectivity index (χ1n) is 8.67. The number of primary amides is 1. The highest BCUT2D eigenvalue weighted by atomic mass is 16.5. The number of benzene rings is 1. The maximum absolute atomic E-state index is 11.7. The molecule has 28 heavy (non-hydrogen) atoms. The second-order valence-electron chi connectivity index (χ2n) is 5.91. The van der Waals surface area contributed by atoms with Crippen LogP contribution in [0, 0.1) is 0 Å². The normalized spacial score (nSPS) is 11.7. The minimum atomic E-state index is -0.635. The van der Waals surface area contributed by atoms with Crippen LogP contribution in [0.2, 0.25) is 0 Å². The van der Waals surface area contributed by atoms with Gasteiger partial charge in [0.2, 0.25) is 5.95 Å². The molecule has 0 spiro atoms. The highest BCUT2D eigenvalue weighted by Gasteiger charge is 2.13. The van der Waals surface area contributed by atoms with E-state index in [1.54, 1.807) is 38.5 Å². The summed E-state index contributed by atoms with van der Waals surface area (Å²) in [6.07, 6.45) is 1.37. The molecule has 1 aromatic carbocycles. The van der Waals surface area contributed by atoms with Crippen LogP contribution >= 0.6 is 0 Å². The van der Waals surface area contributed by atoms with Gasteiger partial charge in [-0.15, -0.1) is 0 Å². The Morgan fingerprint density at radius 3 is 2.57 bits per heavy atom. The number of nitrogens with zero attached hydrogens (tertiary/aromatic N) is 2. The maximum atomic E-state index is 11.7. The lowest BCUT2D eigenvalue weighted by Crippen LogP contribution is -2.33. The lowest BCUT2D eigenvalue weighted by atomic mass is 10.2. The number of hydrogen-bond acceptors (Lipinski definition) is 9. The zero-order valence-electron chi connectivity index (χ0n) is 16.0. The zero-order valence-corrected chi connectivity index (χ0v) is 16.0. The Morgan fingerprint density at radius 2 is 1.93 bits per heavy atom. The SMILES string of the molecule is COCCOc1ccc(Nc2nc(NC[C@@H](N)COC)ncc2C(N)=O)cc1. The number of nitrogens with one attached hydrogen (secondary N) is 2. The van der Waals surface area contributed by atoms with Crippen LogP contribution in [0.5, 0.6) is 5.75 Å². The molecule has 10 nitrogen and oxygen atoms in total. The summed E-state index contributed by atoms with van der Waals surface area (Å²) in [5.41, 5.74) is 12.2. The van der Waals surface area contributed by atoms with Crippen molar-refractivity contribution in [2.24, 2.45) is 11.5 Å². The third-order valence-corrected chi connectivity index (χ3v) is 3.63. The molecule has 0 bridgehead atoms. The van der Waals surface area contributed by atoms with E-state index in [1.165, 1.54) is 6.20 Å². The molecule has 0 fully saturated rings. The molecule has 1 amide bonds. The van der Waals surface area contributed by atoms with Crippen molar-refractivity contribution in [3.63, 3.8) is 0 Å². The molecule has 0 radical (unpaired) electrons. The van der Waals surface area contributed by atoms with E-state index in [2.05, 4.69) is 20.6 Å². The lowest BCUT2D eigenvalue weighted by Gasteiger charge is -2.14. The molecular weight excluding hydrogens is 364 g/mol. The quantitative estimate of drug-likeness (QED) is 0.385. The summed E-state index contributed by atoms with van der Waals surface area (Å²) >= 11 is 0. The molecule has 6 N–H and O–H groups in total. The van der Waals surface area contributed by atoms with Crippen molar-refractivity contribution in [2.75, 3.05) is 51.2 Å². The summed E-state index contributed by atoms with van der Waals surface area (Å²) in [6, 6.07) is 6.98. The van der Waals surface area contributed by atoms with Crippen molar-refractivity contribution in [3.8, 4) is 5.75 Å². The second kappa shape index (κ2) is 11.0. The van der Waals surface area contributed by atoms with Gasteiger partial charge in [0.1, 0.15) is 23.7 Å². The van der Waals surface area contributed by atoms with Gasteiger partial charge in [0.15, 0.2) is 0 Å². The molecule has 1 heterocycles. The van der Waals surface area contributed by atoms with Gasteiger partial charge in [-0.05, 0) is 24.3 Å². The van der Waals surface area contributed by atoms with Gasteiger partial charge in [0.05, 0.1) is 13.2 Å². The molecule has 0 aliphatic carbocycles. The van der Waals surface area contributed by atoms with Crippen molar-refractivity contribution >= 4 is 23.4 Å². The molecule has 1 atom stereocenters. The third kappa shape index (κ3) is 6.65. The number of aromatic nitrogens is 2. The van der Waals surface area contributed by atoms with Gasteiger partial charge in [-0.2, -0.15) is 4.98 Å². The predicted molar refractivity (Wildman–Crippen MR) is 106 cm³/mol. The fourth-order valence-corrected chi connectivity index (χ4v) is 2.25. The molecule has 10 heteroatoms. The van der Waals surface area contributed by atoms with Crippen molar-refractivity contribution in [1.82, 2.24) is 9.97 Å². The topological polar surface area (TPSA) is 147 Å². The van der Waals surface area contributed by atoms with Crippen LogP contribution in [-0.4, -0.2) is 62.5 Å². The smallest absolute Gasteiger partial charge is 0.254 e. The molecule has 2 aromatic rings. The molecule has 0 aliphatic heterocycles. The van der Waals surface area contributed by atoms with Gasteiger partial charge in [0.25, 0.3) is 5.91 Å². The van der Waals surface area contributed by atoms with Crippen LogP contribution in [-0.2, 0) is 9.47 Å². The maximum Gasteiger partial charge on any atom is 0.254 e. The summed E-state index contributed by atoms with van der Waals surface area (Å²) in [6.45, 7) is 1.78. The Hall–Kier alpha value is -2.95. The van der Waals surface area contributed by atoms with Crippen LogP contribution < -0.4 is 26.8 Å². The number of hydrogen-bond donors (Lipinski definition) is 4. The number of carbonyl (C=O) groups excluding carboxylic acids is 1. The predicted octanol–water partition coefficient (Wildman–Crippen LogP) is 0.730. The third-order valence-electron chi connectivity index (χ3n) is 3.63. The van der Waals surface area contributed by atoms with Crippen molar-refractivity contribution in [2.45, 2.75) is 6.04 Å². The van der Waals surface area contributed by atoms with Crippen LogP contribution in [0.3, 0.4) is 0 Å². The van der Waals surface area contributed by atoms with E-state index < -0.39 is 5.91 Å². The first-order valence-corrected chi connectivity index (χ1v) is 8.67. The summed E-state index contributed by atoms with van der Waals surface area (Å²) in [5.74, 6) is 0.677. The number of anilines is 3. The molecular formula is C18H26N6O4. The van der Waals surface area contributed by atoms with Gasteiger partial charge in [0, 0.05) is 38.7 Å². The Bertz CT molecular complexity index is 756. The van der Waals surface area contributed by atoms with E-state index in [4.69, 9.17) is 25.7 Å². The zero-order chi connectivity index (χ0) is 20.4. The van der Waals surface area contributed by atoms with E-state index in [-0.39, 0.29) is 11.6 Å². The molecule has 1 aromatic heterocycles. The first kappa shape index (κ1) is 21.4. The summed E-state index contributed by atoms with van der Waals surface area (Å²) < 4.78 is 15.5. The van der Waals surface area contributed by atoms with Gasteiger partial charge >= 0.3 is 0 Å². The van der Waals surface area contributed by atoms with E-state index >= 15 is 0 Å². The minimum absolute atomic E-state index is 0.173. The number of methoxy groups -OCH3 is 2. The summed E-state index contributed by atoms with van der Waals surface area (Å²) in [4.78, 5) is 20.1. The Balaban J connectivity index is 2.09. The Morgan fingerprint density at radius 1 is 1.18 bits per heavy atom. The minimum Gasteiger partial charge on any atom is -0.491 e. The van der Waals surface area contributed by atoms with E-state index in [1.807, 2.05) is 0 Å². The van der Waals surface area contributed by atoms with Gasteiger partial charge < -0.3 is 36.3 Å². The summed E-state index contributed by atoms with van der Waals surface area (Å²) in [5, 5.41) is 6.08. The Kier molecular flexibility index (Phi) is 8.40.